The van der Waals surface area contributed by atoms with Crippen molar-refractivity contribution in [2.24, 2.45) is 0 Å². The van der Waals surface area contributed by atoms with Gasteiger partial charge in [0, 0.05) is 0 Å². The van der Waals surface area contributed by atoms with Gasteiger partial charge in [-0.15, -0.1) is 0 Å². The zero-order valence-electron chi connectivity index (χ0n) is 14.3. The number of unbranched alkanes of at least 4 members (excludes halogenated alkanes) is 3. The number of nitrogens with zero attached hydrogens (tertiary/aromatic N) is 2. The highest BCUT2D eigenvalue weighted by atomic mass is 16.5. The number of ether oxygens (including phenoxy) is 2. The number of nitrogens with two attached hydrogens (primary N) is 1. The van der Waals surface area contributed by atoms with Gasteiger partial charge in [0.2, 0.25) is 0 Å². The Morgan fingerprint density at radius 3 is 2.83 bits per heavy atom. The van der Waals surface area contributed by atoms with Crippen molar-refractivity contribution in [3.8, 4) is 5.75 Å². The van der Waals surface area contributed by atoms with E-state index in [1.54, 1.807) is 12.1 Å². The fraction of sp³-hybridized carbons (Fsp3) is 0.588. The number of pyridine rings is 1. The van der Waals surface area contributed by atoms with Crippen molar-refractivity contribution in [3.63, 3.8) is 0 Å². The van der Waals surface area contributed by atoms with E-state index in [4.69, 9.17) is 15.2 Å². The number of rotatable bonds is 8. The lowest BCUT2D eigenvalue weighted by atomic mass is 10.2. The summed E-state index contributed by atoms with van der Waals surface area (Å²) in [5.74, 6) is 0.231. The molecule has 0 aromatic carbocycles. The van der Waals surface area contributed by atoms with Crippen LogP contribution in [0.3, 0.4) is 0 Å². The molecule has 2 heterocycles. The van der Waals surface area contributed by atoms with Crippen molar-refractivity contribution in [1.82, 2.24) is 4.98 Å². The van der Waals surface area contributed by atoms with Gasteiger partial charge in [0.1, 0.15) is 12.4 Å². The minimum atomic E-state index is -0.625. The Labute approximate surface area is 142 Å². The SMILES string of the molecule is CCCCCCOC(=O)CN1C(=O)C(CC)Oc2ccc(N)nc21. The summed E-state index contributed by atoms with van der Waals surface area (Å²) in [6.07, 6.45) is 3.98. The van der Waals surface area contributed by atoms with Gasteiger partial charge in [-0.3, -0.25) is 14.5 Å². The number of nitrogen functional groups attached to an aromatic ring is 1. The first-order valence-electron chi connectivity index (χ1n) is 8.47. The molecule has 0 saturated heterocycles. The van der Waals surface area contributed by atoms with E-state index in [2.05, 4.69) is 11.9 Å². The lowest BCUT2D eigenvalue weighted by Gasteiger charge is -2.32. The molecule has 24 heavy (non-hydrogen) atoms. The van der Waals surface area contributed by atoms with Gasteiger partial charge in [-0.05, 0) is 25.0 Å². The summed E-state index contributed by atoms with van der Waals surface area (Å²) < 4.78 is 10.8. The van der Waals surface area contributed by atoms with Crippen LogP contribution in [0.4, 0.5) is 11.6 Å². The van der Waals surface area contributed by atoms with Crippen molar-refractivity contribution in [3.05, 3.63) is 12.1 Å². The van der Waals surface area contributed by atoms with Crippen LogP contribution in [-0.2, 0) is 14.3 Å². The van der Waals surface area contributed by atoms with Crippen molar-refractivity contribution in [2.45, 2.75) is 52.1 Å². The van der Waals surface area contributed by atoms with Crippen LogP contribution in [0.1, 0.15) is 46.0 Å². The Morgan fingerprint density at radius 2 is 2.12 bits per heavy atom. The molecular formula is C17H25N3O4. The second kappa shape index (κ2) is 8.52. The average Bonchev–Trinajstić information content (AvgIpc) is 2.57. The van der Waals surface area contributed by atoms with Gasteiger partial charge in [-0.25, -0.2) is 4.98 Å². The number of amides is 1. The molecule has 1 aliphatic rings. The molecule has 2 rings (SSSR count). The number of anilines is 2. The van der Waals surface area contributed by atoms with E-state index in [9.17, 15) is 9.59 Å². The topological polar surface area (TPSA) is 94.8 Å². The summed E-state index contributed by atoms with van der Waals surface area (Å²) >= 11 is 0. The number of carbonyl (C=O) groups is 2. The summed E-state index contributed by atoms with van der Waals surface area (Å²) in [4.78, 5) is 30.0. The van der Waals surface area contributed by atoms with Crippen LogP contribution in [0.5, 0.6) is 5.75 Å². The van der Waals surface area contributed by atoms with Gasteiger partial charge in [-0.1, -0.05) is 33.1 Å². The number of aromatic nitrogens is 1. The van der Waals surface area contributed by atoms with E-state index in [1.807, 2.05) is 6.92 Å². The zero-order valence-corrected chi connectivity index (χ0v) is 14.3. The highest BCUT2D eigenvalue weighted by molar-refractivity contribution is 6.02. The molecule has 1 atom stereocenters. The molecule has 0 spiro atoms. The van der Waals surface area contributed by atoms with Crippen LogP contribution < -0.4 is 15.4 Å². The first-order valence-corrected chi connectivity index (χ1v) is 8.47. The Kier molecular flexibility index (Phi) is 6.40. The first kappa shape index (κ1) is 18.0. The molecule has 132 valence electrons. The van der Waals surface area contributed by atoms with Crippen LogP contribution in [-0.4, -0.2) is 36.1 Å². The minimum absolute atomic E-state index is 0.185. The van der Waals surface area contributed by atoms with E-state index in [-0.39, 0.29) is 24.1 Å². The van der Waals surface area contributed by atoms with Gasteiger partial charge in [0.25, 0.3) is 5.91 Å². The molecular weight excluding hydrogens is 310 g/mol. The van der Waals surface area contributed by atoms with Crippen molar-refractivity contribution in [1.29, 1.82) is 0 Å². The van der Waals surface area contributed by atoms with Crippen molar-refractivity contribution >= 4 is 23.5 Å². The second-order valence-corrected chi connectivity index (χ2v) is 5.78. The molecule has 0 bridgehead atoms. The van der Waals surface area contributed by atoms with Crippen molar-refractivity contribution in [2.75, 3.05) is 23.8 Å². The van der Waals surface area contributed by atoms with Crippen LogP contribution >= 0.6 is 0 Å². The molecule has 1 aliphatic heterocycles. The predicted octanol–water partition coefficient (Wildman–Crippen LogP) is 2.29. The standard InChI is InChI=1S/C17H25N3O4/c1-3-5-6-7-10-23-15(21)11-20-16-13(8-9-14(18)19-16)24-12(4-2)17(20)22/h8-9,12H,3-7,10-11H2,1-2H3,(H2,18,19). The maximum absolute atomic E-state index is 12.5. The monoisotopic (exact) mass is 335 g/mol. The molecule has 1 aromatic heterocycles. The van der Waals surface area contributed by atoms with Crippen molar-refractivity contribution < 1.29 is 19.1 Å². The zero-order chi connectivity index (χ0) is 17.5. The number of hydrogen-bond acceptors (Lipinski definition) is 6. The Bertz CT molecular complexity index is 591. The third-order valence-electron chi connectivity index (χ3n) is 3.85. The summed E-state index contributed by atoms with van der Waals surface area (Å²) in [6, 6.07) is 3.27. The fourth-order valence-corrected chi connectivity index (χ4v) is 2.52. The van der Waals surface area contributed by atoms with E-state index >= 15 is 0 Å². The molecule has 0 saturated carbocycles. The molecule has 2 N–H and O–H groups in total. The molecule has 0 fully saturated rings. The number of carbonyl (C=O) groups excluding carboxylic acids is 2. The quantitative estimate of drug-likeness (QED) is 0.578. The number of fused-ring (bicyclic) bond motifs is 1. The van der Waals surface area contributed by atoms with Gasteiger partial charge in [0.15, 0.2) is 17.7 Å². The fourth-order valence-electron chi connectivity index (χ4n) is 2.52. The number of hydrogen-bond donors (Lipinski definition) is 1. The van der Waals surface area contributed by atoms with Crippen LogP contribution in [0, 0.1) is 0 Å². The summed E-state index contributed by atoms with van der Waals surface area (Å²) in [5.41, 5.74) is 5.69. The summed E-state index contributed by atoms with van der Waals surface area (Å²) in [7, 11) is 0. The first-order chi connectivity index (χ1) is 11.6. The maximum atomic E-state index is 12.5. The maximum Gasteiger partial charge on any atom is 0.326 e. The largest absolute Gasteiger partial charge is 0.477 e. The lowest BCUT2D eigenvalue weighted by Crippen LogP contribution is -2.48. The van der Waals surface area contributed by atoms with Gasteiger partial charge in [-0.2, -0.15) is 0 Å². The Morgan fingerprint density at radius 1 is 1.33 bits per heavy atom. The van der Waals surface area contributed by atoms with E-state index in [1.165, 1.54) is 4.90 Å². The van der Waals surface area contributed by atoms with Crippen LogP contribution in [0.15, 0.2) is 12.1 Å². The molecule has 0 aliphatic carbocycles. The number of esters is 1. The summed E-state index contributed by atoms with van der Waals surface area (Å²) in [5, 5.41) is 0. The second-order valence-electron chi connectivity index (χ2n) is 5.78. The van der Waals surface area contributed by atoms with Gasteiger partial charge in [0.05, 0.1) is 6.61 Å². The van der Waals surface area contributed by atoms with E-state index < -0.39 is 12.1 Å². The molecule has 1 aromatic rings. The Hall–Kier alpha value is -2.31. The molecule has 1 amide bonds. The van der Waals surface area contributed by atoms with E-state index in [0.29, 0.717) is 18.8 Å². The highest BCUT2D eigenvalue weighted by Gasteiger charge is 2.35. The van der Waals surface area contributed by atoms with Gasteiger partial charge < -0.3 is 15.2 Å². The molecule has 7 nitrogen and oxygen atoms in total. The molecule has 0 radical (unpaired) electrons. The summed E-state index contributed by atoms with van der Waals surface area (Å²) in [6.45, 7) is 4.15. The minimum Gasteiger partial charge on any atom is -0.477 e. The highest BCUT2D eigenvalue weighted by Crippen LogP contribution is 2.33. The van der Waals surface area contributed by atoms with Crippen LogP contribution in [0.2, 0.25) is 0 Å². The normalized spacial score (nSPS) is 16.5. The van der Waals surface area contributed by atoms with E-state index in [0.717, 1.165) is 25.7 Å². The Balaban J connectivity index is 2.03. The lowest BCUT2D eigenvalue weighted by molar-refractivity contribution is -0.143. The van der Waals surface area contributed by atoms with Crippen LogP contribution in [0.25, 0.3) is 0 Å². The smallest absolute Gasteiger partial charge is 0.326 e. The molecule has 1 unspecified atom stereocenters. The third-order valence-corrected chi connectivity index (χ3v) is 3.85. The average molecular weight is 335 g/mol. The van der Waals surface area contributed by atoms with Gasteiger partial charge >= 0.3 is 5.97 Å². The predicted molar refractivity (Wildman–Crippen MR) is 90.8 cm³/mol. The third kappa shape index (κ3) is 4.37. The molecule has 7 heteroatoms.